The summed E-state index contributed by atoms with van der Waals surface area (Å²) < 4.78 is 0. The molecule has 3 aromatic carbocycles. The summed E-state index contributed by atoms with van der Waals surface area (Å²) in [6.07, 6.45) is 2.04. The van der Waals surface area contributed by atoms with Crippen LogP contribution in [-0.2, 0) is 4.79 Å². The SMILES string of the molecule is CSc1cccc(N[C@H](C)C(=O)Nc2ccc3ccccc3c2)c1. The first kappa shape index (κ1) is 16.4. The summed E-state index contributed by atoms with van der Waals surface area (Å²) >= 11 is 1.68. The van der Waals surface area contributed by atoms with Crippen molar-refractivity contribution in [3.63, 3.8) is 0 Å². The lowest BCUT2D eigenvalue weighted by Crippen LogP contribution is -2.31. The number of anilines is 2. The Labute approximate surface area is 146 Å². The number of fused-ring (bicyclic) bond motifs is 1. The first-order chi connectivity index (χ1) is 11.7. The topological polar surface area (TPSA) is 41.1 Å². The van der Waals surface area contributed by atoms with E-state index in [1.807, 2.05) is 67.8 Å². The van der Waals surface area contributed by atoms with Gasteiger partial charge in [-0.05, 0) is 54.3 Å². The molecule has 0 fully saturated rings. The second-order valence-electron chi connectivity index (χ2n) is 5.65. The van der Waals surface area contributed by atoms with Crippen LogP contribution in [0.4, 0.5) is 11.4 Å². The fraction of sp³-hybridized carbons (Fsp3) is 0.150. The van der Waals surface area contributed by atoms with Crippen LogP contribution in [0, 0.1) is 0 Å². The highest BCUT2D eigenvalue weighted by Gasteiger charge is 2.13. The summed E-state index contributed by atoms with van der Waals surface area (Å²) in [5.41, 5.74) is 1.76. The van der Waals surface area contributed by atoms with Crippen molar-refractivity contribution in [3.05, 3.63) is 66.7 Å². The van der Waals surface area contributed by atoms with Gasteiger partial charge in [-0.3, -0.25) is 4.79 Å². The van der Waals surface area contributed by atoms with Gasteiger partial charge in [-0.2, -0.15) is 0 Å². The summed E-state index contributed by atoms with van der Waals surface area (Å²) in [6, 6.07) is 21.8. The molecule has 1 atom stereocenters. The highest BCUT2D eigenvalue weighted by Crippen LogP contribution is 2.21. The van der Waals surface area contributed by atoms with Crippen LogP contribution in [0.2, 0.25) is 0 Å². The van der Waals surface area contributed by atoms with E-state index < -0.39 is 0 Å². The molecule has 0 heterocycles. The Kier molecular flexibility index (Phi) is 5.06. The zero-order chi connectivity index (χ0) is 16.9. The van der Waals surface area contributed by atoms with Crippen molar-refractivity contribution >= 4 is 39.8 Å². The highest BCUT2D eigenvalue weighted by atomic mass is 32.2. The van der Waals surface area contributed by atoms with Gasteiger partial charge in [-0.25, -0.2) is 0 Å². The largest absolute Gasteiger partial charge is 0.374 e. The van der Waals surface area contributed by atoms with Crippen LogP contribution in [0.3, 0.4) is 0 Å². The Morgan fingerprint density at radius 1 is 0.917 bits per heavy atom. The number of amides is 1. The molecule has 0 aliphatic rings. The molecule has 3 nitrogen and oxygen atoms in total. The summed E-state index contributed by atoms with van der Waals surface area (Å²) in [5.74, 6) is -0.0557. The van der Waals surface area contributed by atoms with E-state index in [0.29, 0.717) is 0 Å². The molecule has 0 aliphatic heterocycles. The van der Waals surface area contributed by atoms with Crippen LogP contribution < -0.4 is 10.6 Å². The van der Waals surface area contributed by atoms with Gasteiger partial charge in [0, 0.05) is 16.3 Å². The average molecular weight is 336 g/mol. The Morgan fingerprint density at radius 2 is 1.71 bits per heavy atom. The maximum Gasteiger partial charge on any atom is 0.246 e. The molecule has 4 heteroatoms. The van der Waals surface area contributed by atoms with Crippen molar-refractivity contribution in [3.8, 4) is 0 Å². The minimum absolute atomic E-state index is 0.0557. The molecule has 2 N–H and O–H groups in total. The molecule has 0 radical (unpaired) electrons. The van der Waals surface area contributed by atoms with Crippen LogP contribution in [0.25, 0.3) is 10.8 Å². The van der Waals surface area contributed by atoms with Crippen molar-refractivity contribution < 1.29 is 4.79 Å². The summed E-state index contributed by atoms with van der Waals surface area (Å²) in [4.78, 5) is 13.6. The van der Waals surface area contributed by atoms with Crippen LogP contribution in [0.15, 0.2) is 71.6 Å². The van der Waals surface area contributed by atoms with Gasteiger partial charge < -0.3 is 10.6 Å². The molecule has 3 aromatic rings. The Hall–Kier alpha value is -2.46. The summed E-state index contributed by atoms with van der Waals surface area (Å²) in [5, 5.41) is 8.50. The van der Waals surface area contributed by atoms with Crippen molar-refractivity contribution in [1.82, 2.24) is 0 Å². The Bertz CT molecular complexity index is 863. The minimum atomic E-state index is -0.325. The number of benzene rings is 3. The van der Waals surface area contributed by atoms with E-state index in [4.69, 9.17) is 0 Å². The predicted molar refractivity (Wildman–Crippen MR) is 104 cm³/mol. The molecule has 24 heavy (non-hydrogen) atoms. The summed E-state index contributed by atoms with van der Waals surface area (Å²) in [6.45, 7) is 1.86. The predicted octanol–water partition coefficient (Wildman–Crippen LogP) is 5.00. The second-order valence-corrected chi connectivity index (χ2v) is 6.53. The lowest BCUT2D eigenvalue weighted by Gasteiger charge is -2.16. The maximum atomic E-state index is 12.4. The minimum Gasteiger partial charge on any atom is -0.374 e. The van der Waals surface area contributed by atoms with Crippen LogP contribution in [-0.4, -0.2) is 18.2 Å². The summed E-state index contributed by atoms with van der Waals surface area (Å²) in [7, 11) is 0. The van der Waals surface area contributed by atoms with E-state index in [-0.39, 0.29) is 11.9 Å². The van der Waals surface area contributed by atoms with Gasteiger partial charge in [0.15, 0.2) is 0 Å². The van der Waals surface area contributed by atoms with E-state index in [9.17, 15) is 4.79 Å². The molecule has 3 rings (SSSR count). The van der Waals surface area contributed by atoms with Gasteiger partial charge in [0.1, 0.15) is 6.04 Å². The molecule has 0 spiro atoms. The van der Waals surface area contributed by atoms with Crippen molar-refractivity contribution in [1.29, 1.82) is 0 Å². The maximum absolute atomic E-state index is 12.4. The fourth-order valence-electron chi connectivity index (χ4n) is 2.55. The molecule has 122 valence electrons. The fourth-order valence-corrected chi connectivity index (χ4v) is 3.01. The van der Waals surface area contributed by atoms with Gasteiger partial charge in [-0.15, -0.1) is 11.8 Å². The number of rotatable bonds is 5. The van der Waals surface area contributed by atoms with Gasteiger partial charge in [0.05, 0.1) is 0 Å². The number of nitrogens with one attached hydrogen (secondary N) is 2. The lowest BCUT2D eigenvalue weighted by molar-refractivity contribution is -0.116. The molecule has 0 saturated carbocycles. The third kappa shape index (κ3) is 3.89. The van der Waals surface area contributed by atoms with E-state index in [2.05, 4.69) is 22.8 Å². The average Bonchev–Trinajstić information content (AvgIpc) is 2.61. The third-order valence-corrected chi connectivity index (χ3v) is 4.59. The first-order valence-corrected chi connectivity index (χ1v) is 9.08. The molecule has 0 aliphatic carbocycles. The quantitative estimate of drug-likeness (QED) is 0.644. The normalized spacial score (nSPS) is 11.9. The number of thioether (sulfide) groups is 1. The second kappa shape index (κ2) is 7.41. The molecule has 0 aromatic heterocycles. The van der Waals surface area contributed by atoms with Crippen molar-refractivity contribution in [2.75, 3.05) is 16.9 Å². The lowest BCUT2D eigenvalue weighted by atomic mass is 10.1. The smallest absolute Gasteiger partial charge is 0.246 e. The number of carbonyl (C=O) groups is 1. The van der Waals surface area contributed by atoms with E-state index in [1.54, 1.807) is 11.8 Å². The van der Waals surface area contributed by atoms with Crippen LogP contribution in [0.5, 0.6) is 0 Å². The van der Waals surface area contributed by atoms with E-state index >= 15 is 0 Å². The zero-order valence-corrected chi connectivity index (χ0v) is 14.6. The molecule has 0 saturated heterocycles. The standard InChI is InChI=1S/C20H20N2OS/c1-14(21-17-8-5-9-19(13-17)24-2)20(23)22-18-11-10-15-6-3-4-7-16(15)12-18/h3-14,21H,1-2H3,(H,22,23)/t14-/m1/s1. The number of hydrogen-bond acceptors (Lipinski definition) is 3. The number of hydrogen-bond donors (Lipinski definition) is 2. The molecule has 0 unspecified atom stereocenters. The highest BCUT2D eigenvalue weighted by molar-refractivity contribution is 7.98. The molecular weight excluding hydrogens is 316 g/mol. The van der Waals surface area contributed by atoms with Crippen molar-refractivity contribution in [2.45, 2.75) is 17.9 Å². The van der Waals surface area contributed by atoms with E-state index in [0.717, 1.165) is 22.1 Å². The monoisotopic (exact) mass is 336 g/mol. The van der Waals surface area contributed by atoms with Gasteiger partial charge >= 0.3 is 0 Å². The van der Waals surface area contributed by atoms with Crippen LogP contribution >= 0.6 is 11.8 Å². The molecule has 1 amide bonds. The third-order valence-electron chi connectivity index (χ3n) is 3.86. The Morgan fingerprint density at radius 3 is 2.50 bits per heavy atom. The number of carbonyl (C=O) groups excluding carboxylic acids is 1. The van der Waals surface area contributed by atoms with Crippen molar-refractivity contribution in [2.24, 2.45) is 0 Å². The molecule has 0 bridgehead atoms. The van der Waals surface area contributed by atoms with E-state index in [1.165, 1.54) is 4.90 Å². The first-order valence-electron chi connectivity index (χ1n) is 7.86. The van der Waals surface area contributed by atoms with Crippen LogP contribution in [0.1, 0.15) is 6.92 Å². The van der Waals surface area contributed by atoms with Gasteiger partial charge in [0.25, 0.3) is 0 Å². The van der Waals surface area contributed by atoms with Gasteiger partial charge in [-0.1, -0.05) is 36.4 Å². The van der Waals surface area contributed by atoms with Gasteiger partial charge in [0.2, 0.25) is 5.91 Å². The Balaban J connectivity index is 1.68. The molecular formula is C20H20N2OS. The zero-order valence-electron chi connectivity index (χ0n) is 13.7.